The topological polar surface area (TPSA) is 103 Å². The summed E-state index contributed by atoms with van der Waals surface area (Å²) in [6.07, 6.45) is 2.85. The zero-order chi connectivity index (χ0) is 15.9. The molecular formula is C14H11FN4O3. The van der Waals surface area contributed by atoms with E-state index in [4.69, 9.17) is 15.6 Å². The minimum absolute atomic E-state index is 0.0542. The summed E-state index contributed by atoms with van der Waals surface area (Å²) in [5.41, 5.74) is 5.83. The number of imidazole rings is 1. The van der Waals surface area contributed by atoms with Crippen LogP contribution in [0.2, 0.25) is 0 Å². The monoisotopic (exact) mass is 302 g/mol. The summed E-state index contributed by atoms with van der Waals surface area (Å²) in [5, 5.41) is 9.11. The molecular weight excluding hydrogens is 291 g/mol. The fraction of sp³-hybridized carbons (Fsp3) is 0.0714. The number of benzene rings is 1. The zero-order valence-electron chi connectivity index (χ0n) is 11.4. The number of hydrogen-bond acceptors (Lipinski definition) is 5. The molecule has 2 aromatic heterocycles. The van der Waals surface area contributed by atoms with Gasteiger partial charge in [0.15, 0.2) is 11.3 Å². The molecule has 7 nitrogen and oxygen atoms in total. The van der Waals surface area contributed by atoms with Gasteiger partial charge in [0.25, 0.3) is 0 Å². The lowest BCUT2D eigenvalue weighted by Crippen LogP contribution is -2.02. The van der Waals surface area contributed by atoms with Gasteiger partial charge in [-0.1, -0.05) is 6.07 Å². The first-order valence-corrected chi connectivity index (χ1v) is 6.23. The second-order valence-corrected chi connectivity index (χ2v) is 4.44. The third-order valence-corrected chi connectivity index (χ3v) is 3.21. The number of aromatic nitrogens is 3. The van der Waals surface area contributed by atoms with Crippen molar-refractivity contribution >= 4 is 17.4 Å². The lowest BCUT2D eigenvalue weighted by Gasteiger charge is -2.09. The van der Waals surface area contributed by atoms with Crippen LogP contribution in [0.25, 0.3) is 16.9 Å². The van der Waals surface area contributed by atoms with E-state index in [-0.39, 0.29) is 34.2 Å². The molecule has 0 aliphatic rings. The van der Waals surface area contributed by atoms with E-state index in [1.54, 1.807) is 6.07 Å². The zero-order valence-corrected chi connectivity index (χ0v) is 11.4. The van der Waals surface area contributed by atoms with E-state index in [0.29, 0.717) is 0 Å². The number of nitrogen functional groups attached to an aromatic ring is 1. The van der Waals surface area contributed by atoms with Crippen LogP contribution in [-0.4, -0.2) is 32.6 Å². The summed E-state index contributed by atoms with van der Waals surface area (Å²) in [6, 6.07) is 4.34. The van der Waals surface area contributed by atoms with Gasteiger partial charge < -0.3 is 15.6 Å². The molecule has 1 aromatic carbocycles. The summed E-state index contributed by atoms with van der Waals surface area (Å²) >= 11 is 0. The highest BCUT2D eigenvalue weighted by Gasteiger charge is 2.22. The third-order valence-electron chi connectivity index (χ3n) is 3.21. The van der Waals surface area contributed by atoms with Crippen LogP contribution in [0.3, 0.4) is 0 Å². The second-order valence-electron chi connectivity index (χ2n) is 4.44. The number of halogens is 1. The number of aromatic carboxylic acids is 1. The van der Waals surface area contributed by atoms with Crippen LogP contribution in [0.4, 0.5) is 10.2 Å². The number of fused-ring (bicyclic) bond motifs is 1. The molecule has 0 saturated heterocycles. The smallest absolute Gasteiger partial charge is 0.358 e. The predicted octanol–water partition coefficient (Wildman–Crippen LogP) is 1.82. The van der Waals surface area contributed by atoms with Crippen LogP contribution in [0, 0.1) is 5.82 Å². The largest absolute Gasteiger partial charge is 0.496 e. The molecule has 8 heteroatoms. The van der Waals surface area contributed by atoms with E-state index >= 15 is 0 Å². The van der Waals surface area contributed by atoms with Crippen molar-refractivity contribution in [1.29, 1.82) is 0 Å². The molecule has 0 saturated carbocycles. The molecule has 3 N–H and O–H groups in total. The van der Waals surface area contributed by atoms with Gasteiger partial charge in [-0.3, -0.25) is 9.38 Å². The maximum absolute atomic E-state index is 14.2. The first kappa shape index (κ1) is 13.8. The van der Waals surface area contributed by atoms with Crippen LogP contribution < -0.4 is 10.5 Å². The molecule has 0 atom stereocenters. The molecule has 112 valence electrons. The molecule has 2 heterocycles. The minimum atomic E-state index is -1.27. The predicted molar refractivity (Wildman–Crippen MR) is 76.3 cm³/mol. The molecule has 3 rings (SSSR count). The molecule has 0 fully saturated rings. The van der Waals surface area contributed by atoms with Gasteiger partial charge in [-0.05, 0) is 12.1 Å². The van der Waals surface area contributed by atoms with E-state index in [1.165, 1.54) is 36.0 Å². The number of rotatable bonds is 3. The number of carbonyl (C=O) groups is 1. The number of hydrogen-bond donors (Lipinski definition) is 2. The normalized spacial score (nSPS) is 10.8. The van der Waals surface area contributed by atoms with E-state index in [9.17, 15) is 9.18 Å². The number of nitrogens with zero attached hydrogens (tertiary/aromatic N) is 3. The molecule has 0 unspecified atom stereocenters. The Morgan fingerprint density at radius 1 is 1.45 bits per heavy atom. The van der Waals surface area contributed by atoms with Gasteiger partial charge in [-0.15, -0.1) is 0 Å². The highest BCUT2D eigenvalue weighted by molar-refractivity contribution is 5.93. The van der Waals surface area contributed by atoms with Gasteiger partial charge in [0.2, 0.25) is 0 Å². The lowest BCUT2D eigenvalue weighted by atomic mass is 10.1. The van der Waals surface area contributed by atoms with E-state index in [0.717, 1.165) is 0 Å². The van der Waals surface area contributed by atoms with Gasteiger partial charge in [0, 0.05) is 12.4 Å². The molecule has 3 aromatic rings. The van der Waals surface area contributed by atoms with Crippen molar-refractivity contribution in [3.63, 3.8) is 0 Å². The Hall–Kier alpha value is -3.16. The Bertz CT molecular complexity index is 891. The number of nitrogens with two attached hydrogens (primary N) is 1. The first-order valence-electron chi connectivity index (χ1n) is 6.23. The highest BCUT2D eigenvalue weighted by atomic mass is 19.1. The fourth-order valence-corrected chi connectivity index (χ4v) is 2.23. The summed E-state index contributed by atoms with van der Waals surface area (Å²) in [7, 11) is 1.40. The first-order chi connectivity index (χ1) is 10.5. The van der Waals surface area contributed by atoms with E-state index in [2.05, 4.69) is 9.97 Å². The number of ether oxygens (including phenoxy) is 1. The summed E-state index contributed by atoms with van der Waals surface area (Å²) < 4.78 is 20.7. The van der Waals surface area contributed by atoms with E-state index < -0.39 is 11.8 Å². The fourth-order valence-electron chi connectivity index (χ4n) is 2.23. The van der Waals surface area contributed by atoms with Crippen molar-refractivity contribution in [2.45, 2.75) is 0 Å². The summed E-state index contributed by atoms with van der Waals surface area (Å²) in [5.74, 6) is -1.62. The molecule has 0 radical (unpaired) electrons. The highest BCUT2D eigenvalue weighted by Crippen LogP contribution is 2.34. The summed E-state index contributed by atoms with van der Waals surface area (Å²) in [4.78, 5) is 19.2. The van der Waals surface area contributed by atoms with Crippen molar-refractivity contribution in [3.8, 4) is 17.0 Å². The molecule has 0 amide bonds. The van der Waals surface area contributed by atoms with Crippen LogP contribution in [0.5, 0.6) is 5.75 Å². The quantitative estimate of drug-likeness (QED) is 0.765. The van der Waals surface area contributed by atoms with Gasteiger partial charge in [0.1, 0.15) is 23.1 Å². The average Bonchev–Trinajstić information content (AvgIpc) is 2.85. The molecule has 0 spiro atoms. The van der Waals surface area contributed by atoms with Gasteiger partial charge in [-0.25, -0.2) is 14.2 Å². The van der Waals surface area contributed by atoms with Crippen LogP contribution in [-0.2, 0) is 0 Å². The Morgan fingerprint density at radius 2 is 2.23 bits per heavy atom. The van der Waals surface area contributed by atoms with Crippen LogP contribution in [0.15, 0.2) is 30.6 Å². The van der Waals surface area contributed by atoms with Gasteiger partial charge >= 0.3 is 5.97 Å². The van der Waals surface area contributed by atoms with Crippen molar-refractivity contribution in [2.24, 2.45) is 0 Å². The molecule has 0 bridgehead atoms. The third kappa shape index (κ3) is 1.93. The van der Waals surface area contributed by atoms with Crippen molar-refractivity contribution in [2.75, 3.05) is 12.8 Å². The lowest BCUT2D eigenvalue weighted by molar-refractivity contribution is 0.0692. The van der Waals surface area contributed by atoms with Gasteiger partial charge in [-0.2, -0.15) is 0 Å². The van der Waals surface area contributed by atoms with Crippen molar-refractivity contribution < 1.29 is 19.0 Å². The standard InChI is InChI=1S/C14H11FN4O3/c1-22-8-4-2-3-7(15)9(8)10-13-18-11(14(20)21)12(16)19(13)6-5-17-10/h2-6H,16H2,1H3,(H,20,21). The molecule has 0 aliphatic heterocycles. The molecule has 0 aliphatic carbocycles. The summed E-state index contributed by atoms with van der Waals surface area (Å²) in [6.45, 7) is 0. The second kappa shape index (κ2) is 4.99. The van der Waals surface area contributed by atoms with Crippen molar-refractivity contribution in [1.82, 2.24) is 14.4 Å². The number of carboxylic acids is 1. The number of methoxy groups -OCH3 is 1. The average molecular weight is 302 g/mol. The van der Waals surface area contributed by atoms with E-state index in [1.807, 2.05) is 0 Å². The Labute approximate surface area is 123 Å². The minimum Gasteiger partial charge on any atom is -0.496 e. The maximum Gasteiger partial charge on any atom is 0.358 e. The number of anilines is 1. The van der Waals surface area contributed by atoms with Gasteiger partial charge in [0.05, 0.1) is 12.7 Å². The Kier molecular flexibility index (Phi) is 3.13. The maximum atomic E-state index is 14.2. The van der Waals surface area contributed by atoms with Crippen LogP contribution in [0.1, 0.15) is 10.5 Å². The Morgan fingerprint density at radius 3 is 2.91 bits per heavy atom. The molecule has 22 heavy (non-hydrogen) atoms. The van der Waals surface area contributed by atoms with Crippen LogP contribution >= 0.6 is 0 Å². The number of carboxylic acid groups (broad SMARTS) is 1. The SMILES string of the molecule is COc1cccc(F)c1-c1nccn2c(N)c(C(=O)O)nc12. The Balaban J connectivity index is 2.38. The van der Waals surface area contributed by atoms with Crippen molar-refractivity contribution in [3.05, 3.63) is 42.1 Å².